The number of carbonyl (C=O) groups is 2. The molecule has 3 rings (SSSR count). The van der Waals surface area contributed by atoms with Crippen LogP contribution in [0.1, 0.15) is 28.1 Å². The van der Waals surface area contributed by atoms with E-state index in [1.807, 2.05) is 0 Å². The number of nitrogens with two attached hydrogens (primary N) is 1. The Morgan fingerprint density at radius 2 is 1.84 bits per heavy atom. The molecule has 0 radical (unpaired) electrons. The minimum absolute atomic E-state index is 0.0389. The first kappa shape index (κ1) is 17.7. The molecule has 25 heavy (non-hydrogen) atoms. The van der Waals surface area contributed by atoms with Gasteiger partial charge in [0.25, 0.3) is 5.91 Å². The van der Waals surface area contributed by atoms with Crippen molar-refractivity contribution in [3.05, 3.63) is 34.7 Å². The van der Waals surface area contributed by atoms with Gasteiger partial charge in [0.15, 0.2) is 0 Å². The van der Waals surface area contributed by atoms with Gasteiger partial charge < -0.3 is 15.7 Å². The van der Waals surface area contributed by atoms with Crippen molar-refractivity contribution in [1.82, 2.24) is 4.90 Å². The zero-order valence-corrected chi connectivity index (χ0v) is 13.8. The van der Waals surface area contributed by atoms with Gasteiger partial charge in [0.05, 0.1) is 10.4 Å². The summed E-state index contributed by atoms with van der Waals surface area (Å²) in [7, 11) is 0. The van der Waals surface area contributed by atoms with E-state index < -0.39 is 23.2 Å². The van der Waals surface area contributed by atoms with Crippen LogP contribution in [0.5, 0.6) is 0 Å². The van der Waals surface area contributed by atoms with Crippen molar-refractivity contribution < 1.29 is 27.9 Å². The molecule has 1 aromatic heterocycles. The summed E-state index contributed by atoms with van der Waals surface area (Å²) in [6.45, 7) is 0.306. The van der Waals surface area contributed by atoms with Crippen molar-refractivity contribution in [2.75, 3.05) is 13.1 Å². The van der Waals surface area contributed by atoms with E-state index in [9.17, 15) is 27.9 Å². The first-order chi connectivity index (χ1) is 11.6. The molecule has 9 heteroatoms. The number of nitrogens with zero attached hydrogens (tertiary/aromatic N) is 1. The van der Waals surface area contributed by atoms with Crippen LogP contribution in [0.3, 0.4) is 0 Å². The third-order valence-electron chi connectivity index (χ3n) is 4.39. The molecule has 0 aliphatic carbocycles. The molecule has 1 aliphatic heterocycles. The van der Waals surface area contributed by atoms with Crippen LogP contribution in [0.2, 0.25) is 0 Å². The predicted octanol–water partition coefficient (Wildman–Crippen LogP) is 2.37. The summed E-state index contributed by atoms with van der Waals surface area (Å²) < 4.78 is 38.7. The summed E-state index contributed by atoms with van der Waals surface area (Å²) in [5.41, 5.74) is 2.78. The van der Waals surface area contributed by atoms with Crippen LogP contribution >= 0.6 is 11.3 Å². The van der Waals surface area contributed by atoms with Gasteiger partial charge in [-0.3, -0.25) is 9.59 Å². The molecule has 1 aliphatic rings. The van der Waals surface area contributed by atoms with Gasteiger partial charge in [-0.1, -0.05) is 6.07 Å². The standard InChI is InChI=1S/C16H15F3N2O3S/c17-16(18,19)10-2-1-9-7-12(25-11(9)8-10)13(22)21-5-3-15(24,4-6-21)14(20)23/h1-2,7-8,24H,3-6H2,(H2,20,23). The first-order valence-electron chi connectivity index (χ1n) is 7.52. The van der Waals surface area contributed by atoms with Crippen molar-refractivity contribution in [1.29, 1.82) is 0 Å². The number of halogens is 3. The number of fused-ring (bicyclic) bond motifs is 1. The molecule has 2 heterocycles. The quantitative estimate of drug-likeness (QED) is 0.849. The van der Waals surface area contributed by atoms with E-state index in [1.165, 1.54) is 11.0 Å². The van der Waals surface area contributed by atoms with E-state index in [-0.39, 0.29) is 31.8 Å². The average Bonchev–Trinajstić information content (AvgIpc) is 2.97. The summed E-state index contributed by atoms with van der Waals surface area (Å²) in [6, 6.07) is 4.90. The largest absolute Gasteiger partial charge is 0.416 e. The van der Waals surface area contributed by atoms with E-state index in [1.54, 1.807) is 6.07 Å². The van der Waals surface area contributed by atoms with Crippen molar-refractivity contribution in [2.45, 2.75) is 24.6 Å². The molecule has 134 valence electrons. The second-order valence-corrected chi connectivity index (χ2v) is 7.13. The zero-order valence-electron chi connectivity index (χ0n) is 13.0. The van der Waals surface area contributed by atoms with Gasteiger partial charge in [0.1, 0.15) is 5.60 Å². The normalized spacial score (nSPS) is 17.7. The highest BCUT2D eigenvalue weighted by Crippen LogP contribution is 2.35. The summed E-state index contributed by atoms with van der Waals surface area (Å²) in [4.78, 5) is 25.6. The molecule has 0 atom stereocenters. The number of thiophene rings is 1. The molecular formula is C16H15F3N2O3S. The van der Waals surface area contributed by atoms with E-state index in [0.29, 0.717) is 15.0 Å². The highest BCUT2D eigenvalue weighted by atomic mass is 32.1. The summed E-state index contributed by atoms with van der Waals surface area (Å²) in [5.74, 6) is -1.15. The number of piperidine rings is 1. The number of amides is 2. The Morgan fingerprint density at radius 1 is 1.20 bits per heavy atom. The fourth-order valence-corrected chi connectivity index (χ4v) is 3.86. The lowest BCUT2D eigenvalue weighted by Crippen LogP contribution is -2.53. The van der Waals surface area contributed by atoms with Crippen molar-refractivity contribution in [3.8, 4) is 0 Å². The number of likely N-dealkylation sites (tertiary alicyclic amines) is 1. The van der Waals surface area contributed by atoms with Crippen LogP contribution in [-0.2, 0) is 11.0 Å². The Bertz CT molecular complexity index is 839. The highest BCUT2D eigenvalue weighted by molar-refractivity contribution is 7.20. The summed E-state index contributed by atoms with van der Waals surface area (Å²) in [6.07, 6.45) is -4.36. The van der Waals surface area contributed by atoms with Gasteiger partial charge in [-0.15, -0.1) is 11.3 Å². The van der Waals surface area contributed by atoms with E-state index >= 15 is 0 Å². The molecule has 5 nitrogen and oxygen atoms in total. The third kappa shape index (κ3) is 3.34. The second-order valence-electron chi connectivity index (χ2n) is 6.05. The molecule has 1 aromatic carbocycles. The van der Waals surface area contributed by atoms with Gasteiger partial charge in [0, 0.05) is 30.6 Å². The Hall–Kier alpha value is -2.13. The molecule has 0 unspecified atom stereocenters. The average molecular weight is 372 g/mol. The first-order valence-corrected chi connectivity index (χ1v) is 8.34. The molecule has 1 fully saturated rings. The topological polar surface area (TPSA) is 83.6 Å². The molecule has 0 spiro atoms. The number of carbonyl (C=O) groups excluding carboxylic acids is 2. The maximum Gasteiger partial charge on any atom is 0.416 e. The van der Waals surface area contributed by atoms with Gasteiger partial charge in [-0.05, 0) is 23.6 Å². The number of primary amides is 1. The van der Waals surface area contributed by atoms with E-state index in [0.717, 1.165) is 23.5 Å². The Kier molecular flexibility index (Phi) is 4.24. The lowest BCUT2D eigenvalue weighted by Gasteiger charge is -2.35. The zero-order chi connectivity index (χ0) is 18.4. The third-order valence-corrected chi connectivity index (χ3v) is 5.48. The number of benzene rings is 1. The van der Waals surface area contributed by atoms with Crippen molar-refractivity contribution in [3.63, 3.8) is 0 Å². The van der Waals surface area contributed by atoms with Crippen LogP contribution in [0.25, 0.3) is 10.1 Å². The number of hydrogen-bond acceptors (Lipinski definition) is 4. The van der Waals surface area contributed by atoms with Gasteiger partial charge in [0.2, 0.25) is 5.91 Å². The van der Waals surface area contributed by atoms with Crippen LogP contribution in [0.15, 0.2) is 24.3 Å². The van der Waals surface area contributed by atoms with Gasteiger partial charge in [-0.2, -0.15) is 13.2 Å². The molecule has 3 N–H and O–H groups in total. The minimum Gasteiger partial charge on any atom is -0.380 e. The Balaban J connectivity index is 1.80. The number of aliphatic hydroxyl groups is 1. The number of hydrogen-bond donors (Lipinski definition) is 2. The van der Waals surface area contributed by atoms with Gasteiger partial charge >= 0.3 is 6.18 Å². The molecule has 2 aromatic rings. The smallest absolute Gasteiger partial charge is 0.380 e. The highest BCUT2D eigenvalue weighted by Gasteiger charge is 2.39. The summed E-state index contributed by atoms with van der Waals surface area (Å²) in [5, 5.41) is 10.6. The van der Waals surface area contributed by atoms with Crippen LogP contribution in [-0.4, -0.2) is 40.5 Å². The molecular weight excluding hydrogens is 357 g/mol. The molecule has 0 saturated carbocycles. The predicted molar refractivity (Wildman–Crippen MR) is 86.1 cm³/mol. The fraction of sp³-hybridized carbons (Fsp3) is 0.375. The maximum absolute atomic E-state index is 12.8. The van der Waals surface area contributed by atoms with E-state index in [4.69, 9.17) is 5.73 Å². The second kappa shape index (κ2) is 5.99. The number of rotatable bonds is 2. The molecule has 0 bridgehead atoms. The monoisotopic (exact) mass is 372 g/mol. The molecule has 2 amide bonds. The Morgan fingerprint density at radius 3 is 2.40 bits per heavy atom. The van der Waals surface area contributed by atoms with Crippen LogP contribution in [0.4, 0.5) is 13.2 Å². The van der Waals surface area contributed by atoms with E-state index in [2.05, 4.69) is 0 Å². The Labute approximate surface area is 144 Å². The maximum atomic E-state index is 12.8. The lowest BCUT2D eigenvalue weighted by atomic mass is 9.91. The van der Waals surface area contributed by atoms with Crippen molar-refractivity contribution in [2.24, 2.45) is 5.73 Å². The molecule has 1 saturated heterocycles. The van der Waals surface area contributed by atoms with Gasteiger partial charge in [-0.25, -0.2) is 0 Å². The lowest BCUT2D eigenvalue weighted by molar-refractivity contribution is -0.140. The minimum atomic E-state index is -4.44. The number of alkyl halides is 3. The van der Waals surface area contributed by atoms with Crippen molar-refractivity contribution >= 4 is 33.2 Å². The van der Waals surface area contributed by atoms with Crippen LogP contribution < -0.4 is 5.73 Å². The SMILES string of the molecule is NC(=O)C1(O)CCN(C(=O)c2cc3ccc(C(F)(F)F)cc3s2)CC1. The summed E-state index contributed by atoms with van der Waals surface area (Å²) >= 11 is 0.990. The van der Waals surface area contributed by atoms with Crippen LogP contribution in [0, 0.1) is 0 Å². The fourth-order valence-electron chi connectivity index (χ4n) is 2.79.